The van der Waals surface area contributed by atoms with Gasteiger partial charge in [0.05, 0.1) is 11.6 Å². The zero-order valence-electron chi connectivity index (χ0n) is 18.2. The van der Waals surface area contributed by atoms with Crippen LogP contribution in [0.2, 0.25) is 0 Å². The van der Waals surface area contributed by atoms with E-state index in [1.54, 1.807) is 0 Å². The summed E-state index contributed by atoms with van der Waals surface area (Å²) in [5, 5.41) is 5.00. The molecule has 16 heteroatoms. The van der Waals surface area contributed by atoms with E-state index >= 15 is 0 Å². The molecule has 188 valence electrons. The average Bonchev–Trinajstić information content (AvgIpc) is 2.76. The van der Waals surface area contributed by atoms with Gasteiger partial charge >= 0.3 is 13.8 Å². The third-order valence-corrected chi connectivity index (χ3v) is 6.80. The van der Waals surface area contributed by atoms with Crippen LogP contribution in [0.4, 0.5) is 36.4 Å². The Morgan fingerprint density at radius 2 is 1.77 bits per heavy atom. The van der Waals surface area contributed by atoms with Crippen molar-refractivity contribution in [2.75, 3.05) is 28.2 Å². The predicted octanol–water partition coefficient (Wildman–Crippen LogP) is 2.44. The van der Waals surface area contributed by atoms with Gasteiger partial charge < -0.3 is 20.4 Å². The fourth-order valence-electron chi connectivity index (χ4n) is 2.84. The fraction of sp³-hybridized carbons (Fsp3) is 0.211. The Morgan fingerprint density at radius 1 is 1.11 bits per heavy atom. The Labute approximate surface area is 198 Å². The maximum atomic E-state index is 13.5. The Morgan fingerprint density at radius 3 is 2.34 bits per heavy atom. The van der Waals surface area contributed by atoms with Crippen LogP contribution in [0.25, 0.3) is 0 Å². The molecule has 0 atom stereocenters. The fourth-order valence-corrected chi connectivity index (χ4v) is 3.86. The number of alkyl halides is 3. The molecule has 0 saturated heterocycles. The van der Waals surface area contributed by atoms with Crippen LogP contribution >= 0.6 is 7.60 Å². The van der Waals surface area contributed by atoms with Gasteiger partial charge in [-0.3, -0.25) is 8.87 Å². The van der Waals surface area contributed by atoms with Gasteiger partial charge in [-0.05, 0) is 30.3 Å². The van der Waals surface area contributed by atoms with Crippen LogP contribution in [-0.2, 0) is 27.3 Å². The zero-order valence-corrected chi connectivity index (χ0v) is 19.9. The Bertz CT molecular complexity index is 1370. The largest absolute Gasteiger partial charge is 0.421 e. The van der Waals surface area contributed by atoms with Crippen LogP contribution < -0.4 is 20.2 Å². The van der Waals surface area contributed by atoms with Crippen molar-refractivity contribution in [1.29, 1.82) is 0 Å². The highest BCUT2D eigenvalue weighted by Crippen LogP contribution is 2.35. The number of sulfonamides is 1. The summed E-state index contributed by atoms with van der Waals surface area (Å²) in [6.07, 6.45) is -1.89. The second-order valence-corrected chi connectivity index (χ2v) is 10.9. The average molecular weight is 532 g/mol. The number of benzene rings is 1. The highest BCUT2D eigenvalue weighted by Gasteiger charge is 2.35. The van der Waals surface area contributed by atoms with Crippen molar-refractivity contribution >= 4 is 46.2 Å². The van der Waals surface area contributed by atoms with E-state index in [1.165, 1.54) is 37.5 Å². The lowest BCUT2D eigenvalue weighted by molar-refractivity contribution is -0.137. The smallest absolute Gasteiger partial charge is 0.365 e. The summed E-state index contributed by atoms with van der Waals surface area (Å²) in [6.45, 7) is -0.237. The number of aromatic nitrogens is 3. The molecule has 0 saturated carbocycles. The second kappa shape index (κ2) is 9.77. The first-order valence-corrected chi connectivity index (χ1v) is 13.1. The van der Waals surface area contributed by atoms with Crippen LogP contribution in [-0.4, -0.2) is 46.5 Å². The van der Waals surface area contributed by atoms with E-state index in [-0.39, 0.29) is 29.3 Å². The van der Waals surface area contributed by atoms with Crippen LogP contribution in [0, 0.1) is 0 Å². The minimum atomic E-state index is -4.78. The van der Waals surface area contributed by atoms with Gasteiger partial charge in [0.2, 0.25) is 16.0 Å². The molecular formula is C19H20F3N6O5PS. The van der Waals surface area contributed by atoms with E-state index in [0.29, 0.717) is 11.8 Å². The van der Waals surface area contributed by atoms with Crippen molar-refractivity contribution in [2.45, 2.75) is 12.7 Å². The van der Waals surface area contributed by atoms with E-state index in [1.807, 2.05) is 0 Å². The SMILES string of the molecule is CN(c1ncccc1CNc1nc(Nc2ccc(P(=O)(O)O)cc2)ncc1C(F)(F)F)S(C)(=O)=O. The molecule has 0 fully saturated rings. The third kappa shape index (κ3) is 6.66. The first-order valence-electron chi connectivity index (χ1n) is 9.65. The molecule has 35 heavy (non-hydrogen) atoms. The lowest BCUT2D eigenvalue weighted by Crippen LogP contribution is -2.27. The van der Waals surface area contributed by atoms with Crippen molar-refractivity contribution in [3.63, 3.8) is 0 Å². The van der Waals surface area contributed by atoms with Gasteiger partial charge in [-0.2, -0.15) is 18.2 Å². The zero-order chi connectivity index (χ0) is 26.0. The van der Waals surface area contributed by atoms with Gasteiger partial charge in [-0.25, -0.2) is 18.4 Å². The Kier molecular flexibility index (Phi) is 7.36. The second-order valence-electron chi connectivity index (χ2n) is 7.24. The number of nitrogens with one attached hydrogen (secondary N) is 2. The molecule has 0 unspecified atom stereocenters. The number of hydrogen-bond acceptors (Lipinski definition) is 8. The summed E-state index contributed by atoms with van der Waals surface area (Å²) in [7, 11) is -6.85. The van der Waals surface area contributed by atoms with Gasteiger partial charge in [-0.15, -0.1) is 0 Å². The summed E-state index contributed by atoms with van der Waals surface area (Å²) in [4.78, 5) is 29.9. The minimum absolute atomic E-state index is 0.0357. The van der Waals surface area contributed by atoms with Crippen molar-refractivity contribution in [2.24, 2.45) is 0 Å². The molecule has 0 aliphatic rings. The monoisotopic (exact) mass is 532 g/mol. The molecule has 3 rings (SSSR count). The van der Waals surface area contributed by atoms with Gasteiger partial charge in [0.25, 0.3) is 0 Å². The molecule has 0 aliphatic heterocycles. The molecule has 0 spiro atoms. The molecule has 3 aromatic rings. The quantitative estimate of drug-likeness (QED) is 0.318. The standard InChI is InChI=1S/C19H20F3N6O5PS/c1-28(35(2,32)33)17-12(4-3-9-23-17)10-24-16-15(19(20,21)22)11-25-18(27-16)26-13-5-7-14(8-6-13)34(29,30)31/h3-9,11H,10H2,1-2H3,(H2,29,30,31)(H2,24,25,26,27). The Hall–Kier alpha value is -3.26. The summed E-state index contributed by atoms with van der Waals surface area (Å²) in [5.41, 5.74) is -0.575. The van der Waals surface area contributed by atoms with Crippen molar-refractivity contribution in [3.05, 3.63) is 59.9 Å². The summed E-state index contributed by atoms with van der Waals surface area (Å²) in [6, 6.07) is 7.96. The number of pyridine rings is 1. The number of rotatable bonds is 8. The number of hydrogen-bond donors (Lipinski definition) is 4. The minimum Gasteiger partial charge on any atom is -0.365 e. The molecule has 0 radical (unpaired) electrons. The number of anilines is 4. The maximum Gasteiger partial charge on any atom is 0.421 e. The van der Waals surface area contributed by atoms with Gasteiger partial charge in [0, 0.05) is 37.2 Å². The van der Waals surface area contributed by atoms with Crippen molar-refractivity contribution < 1.29 is 35.9 Å². The Balaban J connectivity index is 1.89. The number of nitrogens with zero attached hydrogens (tertiary/aromatic N) is 4. The summed E-state index contributed by atoms with van der Waals surface area (Å²) < 4.78 is 76.6. The van der Waals surface area contributed by atoms with Crippen LogP contribution in [0.5, 0.6) is 0 Å². The molecule has 2 aromatic heterocycles. The topological polar surface area (TPSA) is 158 Å². The van der Waals surface area contributed by atoms with Gasteiger partial charge in [-0.1, -0.05) is 6.07 Å². The maximum absolute atomic E-state index is 13.5. The normalized spacial score (nSPS) is 12.3. The van der Waals surface area contributed by atoms with Gasteiger partial charge in [0.15, 0.2) is 0 Å². The molecule has 0 aliphatic carbocycles. The van der Waals surface area contributed by atoms with E-state index in [0.717, 1.165) is 22.7 Å². The summed E-state index contributed by atoms with van der Waals surface area (Å²) in [5.74, 6) is -0.753. The lowest BCUT2D eigenvalue weighted by Gasteiger charge is -2.20. The molecule has 11 nitrogen and oxygen atoms in total. The number of halogens is 3. The van der Waals surface area contributed by atoms with Crippen LogP contribution in [0.15, 0.2) is 48.8 Å². The van der Waals surface area contributed by atoms with E-state index in [4.69, 9.17) is 0 Å². The first kappa shape index (κ1) is 26.3. The molecule has 0 bridgehead atoms. The molecule has 1 aromatic carbocycles. The van der Waals surface area contributed by atoms with Crippen LogP contribution in [0.1, 0.15) is 11.1 Å². The molecule has 0 amide bonds. The van der Waals surface area contributed by atoms with Crippen molar-refractivity contribution in [1.82, 2.24) is 15.0 Å². The molecule has 4 N–H and O–H groups in total. The molecular weight excluding hydrogens is 512 g/mol. The van der Waals surface area contributed by atoms with Crippen molar-refractivity contribution in [3.8, 4) is 0 Å². The van der Waals surface area contributed by atoms with E-state index in [2.05, 4.69) is 25.6 Å². The summed E-state index contributed by atoms with van der Waals surface area (Å²) >= 11 is 0. The van der Waals surface area contributed by atoms with E-state index in [9.17, 15) is 35.9 Å². The first-order chi connectivity index (χ1) is 16.2. The predicted molar refractivity (Wildman–Crippen MR) is 123 cm³/mol. The van der Waals surface area contributed by atoms with Gasteiger partial charge in [0.1, 0.15) is 17.2 Å². The molecule has 2 heterocycles. The lowest BCUT2D eigenvalue weighted by atomic mass is 10.2. The van der Waals surface area contributed by atoms with Crippen LogP contribution in [0.3, 0.4) is 0 Å². The highest BCUT2D eigenvalue weighted by atomic mass is 32.2. The highest BCUT2D eigenvalue weighted by molar-refractivity contribution is 7.92. The third-order valence-electron chi connectivity index (χ3n) is 4.66. The van der Waals surface area contributed by atoms with E-state index < -0.39 is 35.2 Å².